The van der Waals surface area contributed by atoms with Gasteiger partial charge in [-0.1, -0.05) is 0 Å². The summed E-state index contributed by atoms with van der Waals surface area (Å²) in [5.74, 6) is -1.03. The summed E-state index contributed by atoms with van der Waals surface area (Å²) < 4.78 is 0. The predicted molar refractivity (Wildman–Crippen MR) is 59.9 cm³/mol. The van der Waals surface area contributed by atoms with Crippen LogP contribution < -0.4 is 10.6 Å². The zero-order valence-electron chi connectivity index (χ0n) is 8.82. The number of nitrogens with one attached hydrogen (secondary N) is 2. The van der Waals surface area contributed by atoms with Crippen molar-refractivity contribution in [1.29, 1.82) is 0 Å². The molecule has 16 heavy (non-hydrogen) atoms. The van der Waals surface area contributed by atoms with Crippen LogP contribution in [0.4, 0.5) is 4.79 Å². The van der Waals surface area contributed by atoms with Crippen LogP contribution in [0.5, 0.6) is 0 Å². The lowest BCUT2D eigenvalue weighted by Crippen LogP contribution is -2.36. The van der Waals surface area contributed by atoms with Crippen LogP contribution in [-0.4, -0.2) is 35.2 Å². The van der Waals surface area contributed by atoms with Crippen molar-refractivity contribution in [3.63, 3.8) is 0 Å². The van der Waals surface area contributed by atoms with Crippen LogP contribution in [0.15, 0.2) is 5.38 Å². The van der Waals surface area contributed by atoms with Gasteiger partial charge in [-0.05, 0) is 6.92 Å². The number of carbonyl (C=O) groups excluding carboxylic acids is 1. The molecule has 2 amide bonds. The second kappa shape index (κ2) is 6.06. The highest BCUT2D eigenvalue weighted by Gasteiger charge is 2.08. The zero-order valence-corrected chi connectivity index (χ0v) is 9.63. The molecule has 0 aliphatic heterocycles. The van der Waals surface area contributed by atoms with Crippen molar-refractivity contribution in [3.8, 4) is 0 Å². The topological polar surface area (TPSA) is 91.3 Å². The highest BCUT2D eigenvalue weighted by Crippen LogP contribution is 2.09. The Hall–Kier alpha value is -1.63. The highest BCUT2D eigenvalue weighted by molar-refractivity contribution is 7.09. The average molecular weight is 243 g/mol. The standard InChI is InChI=1S/C9H13N3O3S/c1-2-10-9(15)11-4-3-7-12-6(5-16-7)8(13)14/h5H,2-4H2,1H3,(H,13,14)(H2,10,11,15). The van der Waals surface area contributed by atoms with E-state index in [1.165, 1.54) is 16.7 Å². The molecule has 0 bridgehead atoms. The summed E-state index contributed by atoms with van der Waals surface area (Å²) in [6, 6.07) is -0.225. The number of amides is 2. The fourth-order valence-electron chi connectivity index (χ4n) is 1.03. The summed E-state index contributed by atoms with van der Waals surface area (Å²) in [5.41, 5.74) is 0.0537. The lowest BCUT2D eigenvalue weighted by atomic mass is 10.4. The number of aromatic carboxylic acids is 1. The normalized spacial score (nSPS) is 9.81. The van der Waals surface area contributed by atoms with E-state index in [1.54, 1.807) is 0 Å². The summed E-state index contributed by atoms with van der Waals surface area (Å²) in [4.78, 5) is 25.5. The van der Waals surface area contributed by atoms with Crippen LogP contribution in [-0.2, 0) is 6.42 Å². The molecular weight excluding hydrogens is 230 g/mol. The number of thiazole rings is 1. The Balaban J connectivity index is 2.32. The van der Waals surface area contributed by atoms with Gasteiger partial charge in [0.2, 0.25) is 0 Å². The number of nitrogens with zero attached hydrogens (tertiary/aromatic N) is 1. The van der Waals surface area contributed by atoms with E-state index < -0.39 is 5.97 Å². The zero-order chi connectivity index (χ0) is 12.0. The SMILES string of the molecule is CCNC(=O)NCCc1nc(C(=O)O)cs1. The monoisotopic (exact) mass is 243 g/mol. The first-order valence-corrected chi connectivity index (χ1v) is 5.70. The van der Waals surface area contributed by atoms with Gasteiger partial charge >= 0.3 is 12.0 Å². The van der Waals surface area contributed by atoms with Gasteiger partial charge in [0.25, 0.3) is 0 Å². The van der Waals surface area contributed by atoms with Crippen LogP contribution in [0.3, 0.4) is 0 Å². The third-order valence-corrected chi connectivity index (χ3v) is 2.64. The minimum atomic E-state index is -1.03. The Kier molecular flexibility index (Phi) is 4.71. The van der Waals surface area contributed by atoms with Gasteiger partial charge in [0.1, 0.15) is 0 Å². The minimum Gasteiger partial charge on any atom is -0.476 e. The predicted octanol–water partition coefficient (Wildman–Crippen LogP) is 0.703. The largest absolute Gasteiger partial charge is 0.476 e. The average Bonchev–Trinajstić information content (AvgIpc) is 2.67. The van der Waals surface area contributed by atoms with Gasteiger partial charge in [-0.25, -0.2) is 14.6 Å². The number of hydrogen-bond donors (Lipinski definition) is 3. The van der Waals surface area contributed by atoms with E-state index in [4.69, 9.17) is 5.11 Å². The maximum Gasteiger partial charge on any atom is 0.355 e. The van der Waals surface area contributed by atoms with Gasteiger partial charge in [-0.3, -0.25) is 0 Å². The molecule has 0 fully saturated rings. The van der Waals surface area contributed by atoms with Crippen molar-refractivity contribution < 1.29 is 14.7 Å². The summed E-state index contributed by atoms with van der Waals surface area (Å²) in [6.07, 6.45) is 0.537. The molecule has 6 nitrogen and oxygen atoms in total. The molecule has 0 spiro atoms. The quantitative estimate of drug-likeness (QED) is 0.710. The number of aromatic nitrogens is 1. The van der Waals surface area contributed by atoms with E-state index >= 15 is 0 Å². The first-order chi connectivity index (χ1) is 7.63. The summed E-state index contributed by atoms with van der Waals surface area (Å²) in [5, 5.41) is 16.1. The molecular formula is C9H13N3O3S. The molecule has 0 saturated carbocycles. The van der Waals surface area contributed by atoms with Crippen LogP contribution >= 0.6 is 11.3 Å². The number of carboxylic acids is 1. The smallest absolute Gasteiger partial charge is 0.355 e. The molecule has 0 unspecified atom stereocenters. The molecule has 0 aromatic carbocycles. The Labute approximate surface area is 96.7 Å². The van der Waals surface area contributed by atoms with Crippen molar-refractivity contribution in [2.45, 2.75) is 13.3 Å². The minimum absolute atomic E-state index is 0.0537. The second-order valence-corrected chi connectivity index (χ2v) is 3.91. The molecule has 0 radical (unpaired) electrons. The van der Waals surface area contributed by atoms with Gasteiger partial charge in [0.15, 0.2) is 5.69 Å². The van der Waals surface area contributed by atoms with Crippen molar-refractivity contribution in [3.05, 3.63) is 16.1 Å². The van der Waals surface area contributed by atoms with E-state index in [1.807, 2.05) is 6.92 Å². The molecule has 1 heterocycles. The van der Waals surface area contributed by atoms with Crippen molar-refractivity contribution in [2.24, 2.45) is 0 Å². The van der Waals surface area contributed by atoms with Gasteiger partial charge < -0.3 is 15.7 Å². The molecule has 0 atom stereocenters. The third-order valence-electron chi connectivity index (χ3n) is 1.73. The van der Waals surface area contributed by atoms with Crippen molar-refractivity contribution >= 4 is 23.3 Å². The van der Waals surface area contributed by atoms with Crippen LogP contribution in [0.2, 0.25) is 0 Å². The van der Waals surface area contributed by atoms with Gasteiger partial charge in [0, 0.05) is 24.9 Å². The number of hydrogen-bond acceptors (Lipinski definition) is 4. The Morgan fingerprint density at radius 1 is 1.50 bits per heavy atom. The number of urea groups is 1. The number of carboxylic acid groups (broad SMARTS) is 1. The Morgan fingerprint density at radius 3 is 2.81 bits per heavy atom. The van der Waals surface area contributed by atoms with Gasteiger partial charge in [-0.2, -0.15) is 0 Å². The first kappa shape index (κ1) is 12.4. The molecule has 1 rings (SSSR count). The third kappa shape index (κ3) is 3.85. The second-order valence-electron chi connectivity index (χ2n) is 2.97. The molecule has 0 saturated heterocycles. The van der Waals surface area contributed by atoms with Crippen LogP contribution in [0.25, 0.3) is 0 Å². The lowest BCUT2D eigenvalue weighted by Gasteiger charge is -2.03. The molecule has 88 valence electrons. The van der Waals surface area contributed by atoms with E-state index in [9.17, 15) is 9.59 Å². The highest BCUT2D eigenvalue weighted by atomic mass is 32.1. The van der Waals surface area contributed by atoms with Crippen molar-refractivity contribution in [1.82, 2.24) is 15.6 Å². The maximum atomic E-state index is 11.0. The van der Waals surface area contributed by atoms with E-state index in [0.29, 0.717) is 24.5 Å². The molecule has 0 aliphatic carbocycles. The van der Waals surface area contributed by atoms with E-state index in [0.717, 1.165) is 0 Å². The van der Waals surface area contributed by atoms with Gasteiger partial charge in [-0.15, -0.1) is 11.3 Å². The first-order valence-electron chi connectivity index (χ1n) is 4.83. The summed E-state index contributed by atoms with van der Waals surface area (Å²) in [7, 11) is 0. The Bertz CT molecular complexity index is 378. The number of rotatable bonds is 5. The van der Waals surface area contributed by atoms with Gasteiger partial charge in [0.05, 0.1) is 5.01 Å². The molecule has 0 aliphatic rings. The van der Waals surface area contributed by atoms with Crippen molar-refractivity contribution in [2.75, 3.05) is 13.1 Å². The molecule has 3 N–H and O–H groups in total. The summed E-state index contributed by atoms with van der Waals surface area (Å²) >= 11 is 1.28. The fourth-order valence-corrected chi connectivity index (χ4v) is 1.80. The molecule has 1 aromatic rings. The summed E-state index contributed by atoms with van der Waals surface area (Å²) in [6.45, 7) is 2.85. The Morgan fingerprint density at radius 2 is 2.25 bits per heavy atom. The van der Waals surface area contributed by atoms with E-state index in [-0.39, 0.29) is 11.7 Å². The molecule has 7 heteroatoms. The van der Waals surface area contributed by atoms with E-state index in [2.05, 4.69) is 15.6 Å². The number of carbonyl (C=O) groups is 2. The molecule has 1 aromatic heterocycles. The van der Waals surface area contributed by atoms with Crippen LogP contribution in [0.1, 0.15) is 22.4 Å². The maximum absolute atomic E-state index is 11.0. The van der Waals surface area contributed by atoms with Crippen LogP contribution in [0, 0.1) is 0 Å². The fraction of sp³-hybridized carbons (Fsp3) is 0.444. The lowest BCUT2D eigenvalue weighted by molar-refractivity contribution is 0.0691.